The van der Waals surface area contributed by atoms with E-state index in [0.29, 0.717) is 11.8 Å². The quantitative estimate of drug-likeness (QED) is 0.655. The van der Waals surface area contributed by atoms with E-state index in [1.54, 1.807) is 12.1 Å². The summed E-state index contributed by atoms with van der Waals surface area (Å²) in [6.07, 6.45) is 0. The van der Waals surface area contributed by atoms with Crippen LogP contribution in [0.3, 0.4) is 0 Å². The van der Waals surface area contributed by atoms with Crippen LogP contribution >= 0.6 is 0 Å². The highest BCUT2D eigenvalue weighted by atomic mass is 19.1. The molecule has 0 nitrogen and oxygen atoms in total. The topological polar surface area (TPSA) is 0 Å². The normalized spacial score (nSPS) is 11.4. The van der Waals surface area contributed by atoms with Crippen LogP contribution in [0.25, 0.3) is 0 Å². The molecule has 14 heavy (non-hydrogen) atoms. The fourth-order valence-corrected chi connectivity index (χ4v) is 2.05. The first-order valence-electron chi connectivity index (χ1n) is 5.23. The van der Waals surface area contributed by atoms with Crippen LogP contribution in [0.2, 0.25) is 0 Å². The monoisotopic (exact) mass is 194 g/mol. The van der Waals surface area contributed by atoms with Gasteiger partial charge in [0.25, 0.3) is 0 Å². The molecular weight excluding hydrogens is 175 g/mol. The van der Waals surface area contributed by atoms with Gasteiger partial charge in [0.1, 0.15) is 5.82 Å². The van der Waals surface area contributed by atoms with Crippen molar-refractivity contribution in [1.29, 1.82) is 0 Å². The van der Waals surface area contributed by atoms with Crippen molar-refractivity contribution < 1.29 is 4.39 Å². The van der Waals surface area contributed by atoms with E-state index in [1.807, 2.05) is 6.92 Å². The second kappa shape index (κ2) is 4.12. The molecule has 0 N–H and O–H groups in total. The second-order valence-electron chi connectivity index (χ2n) is 4.53. The van der Waals surface area contributed by atoms with Crippen molar-refractivity contribution in [1.82, 2.24) is 0 Å². The number of hydrogen-bond acceptors (Lipinski definition) is 0. The zero-order valence-corrected chi connectivity index (χ0v) is 9.69. The number of aryl methyl sites for hydroxylation is 1. The zero-order chi connectivity index (χ0) is 10.9. The van der Waals surface area contributed by atoms with Crippen molar-refractivity contribution in [3.05, 3.63) is 34.6 Å². The summed E-state index contributed by atoms with van der Waals surface area (Å²) >= 11 is 0. The summed E-state index contributed by atoms with van der Waals surface area (Å²) in [6.45, 7) is 10.5. The molecular formula is C13H19F. The van der Waals surface area contributed by atoms with E-state index in [4.69, 9.17) is 0 Å². The standard InChI is InChI=1S/C13H19F/c1-8(2)12-7-11(14)6-10(5)13(12)9(3)4/h6-9H,1-5H3. The fourth-order valence-electron chi connectivity index (χ4n) is 2.05. The highest BCUT2D eigenvalue weighted by Gasteiger charge is 2.13. The minimum absolute atomic E-state index is 0.115. The Kier molecular flexibility index (Phi) is 3.30. The largest absolute Gasteiger partial charge is 0.207 e. The summed E-state index contributed by atoms with van der Waals surface area (Å²) < 4.78 is 13.2. The van der Waals surface area contributed by atoms with Crippen LogP contribution < -0.4 is 0 Å². The molecule has 1 heteroatoms. The lowest BCUT2D eigenvalue weighted by atomic mass is 9.87. The first kappa shape index (κ1) is 11.2. The van der Waals surface area contributed by atoms with Crippen molar-refractivity contribution >= 4 is 0 Å². The Hall–Kier alpha value is -0.850. The van der Waals surface area contributed by atoms with Gasteiger partial charge in [-0.05, 0) is 47.6 Å². The van der Waals surface area contributed by atoms with E-state index in [2.05, 4.69) is 27.7 Å². The summed E-state index contributed by atoms with van der Waals surface area (Å²) in [5, 5.41) is 0. The summed E-state index contributed by atoms with van der Waals surface area (Å²) in [4.78, 5) is 0. The zero-order valence-electron chi connectivity index (χ0n) is 9.69. The highest BCUT2D eigenvalue weighted by Crippen LogP contribution is 2.29. The van der Waals surface area contributed by atoms with Gasteiger partial charge in [0.05, 0.1) is 0 Å². The molecule has 0 unspecified atom stereocenters. The molecule has 0 saturated carbocycles. The molecule has 0 spiro atoms. The lowest BCUT2D eigenvalue weighted by Gasteiger charge is -2.18. The molecule has 78 valence electrons. The Balaban J connectivity index is 3.37. The van der Waals surface area contributed by atoms with Gasteiger partial charge in [-0.15, -0.1) is 0 Å². The van der Waals surface area contributed by atoms with Gasteiger partial charge < -0.3 is 0 Å². The average Bonchev–Trinajstić information content (AvgIpc) is 2.01. The molecule has 0 fully saturated rings. The maximum atomic E-state index is 13.2. The van der Waals surface area contributed by atoms with Gasteiger partial charge in [0.2, 0.25) is 0 Å². The van der Waals surface area contributed by atoms with Gasteiger partial charge >= 0.3 is 0 Å². The molecule has 0 aliphatic carbocycles. The number of hydrogen-bond donors (Lipinski definition) is 0. The van der Waals surface area contributed by atoms with Gasteiger partial charge in [-0.1, -0.05) is 27.7 Å². The molecule has 0 aromatic heterocycles. The van der Waals surface area contributed by atoms with Crippen molar-refractivity contribution in [3.63, 3.8) is 0 Å². The smallest absolute Gasteiger partial charge is 0.123 e. The Morgan fingerprint density at radius 1 is 1.00 bits per heavy atom. The van der Waals surface area contributed by atoms with Crippen LogP contribution in [0, 0.1) is 12.7 Å². The lowest BCUT2D eigenvalue weighted by Crippen LogP contribution is -2.02. The number of benzene rings is 1. The van der Waals surface area contributed by atoms with Crippen LogP contribution in [0.4, 0.5) is 4.39 Å². The van der Waals surface area contributed by atoms with Crippen molar-refractivity contribution in [3.8, 4) is 0 Å². The van der Waals surface area contributed by atoms with E-state index in [-0.39, 0.29) is 5.82 Å². The third-order valence-corrected chi connectivity index (χ3v) is 2.58. The van der Waals surface area contributed by atoms with Crippen molar-refractivity contribution in [2.75, 3.05) is 0 Å². The Bertz CT molecular complexity index is 324. The Morgan fingerprint density at radius 3 is 2.00 bits per heavy atom. The summed E-state index contributed by atoms with van der Waals surface area (Å²) in [5.74, 6) is 0.741. The Labute approximate surface area is 86.2 Å². The third kappa shape index (κ3) is 2.14. The molecule has 0 amide bonds. The molecule has 0 bridgehead atoms. The molecule has 0 radical (unpaired) electrons. The number of halogens is 1. The molecule has 0 aliphatic heterocycles. The minimum atomic E-state index is -0.115. The van der Waals surface area contributed by atoms with E-state index in [1.165, 1.54) is 5.56 Å². The van der Waals surface area contributed by atoms with Crippen LogP contribution in [-0.4, -0.2) is 0 Å². The van der Waals surface area contributed by atoms with Gasteiger partial charge in [-0.2, -0.15) is 0 Å². The SMILES string of the molecule is Cc1cc(F)cc(C(C)C)c1C(C)C. The Morgan fingerprint density at radius 2 is 1.57 bits per heavy atom. The molecule has 1 rings (SSSR count). The summed E-state index contributed by atoms with van der Waals surface area (Å²) in [6, 6.07) is 3.30. The van der Waals surface area contributed by atoms with E-state index < -0.39 is 0 Å². The molecule has 0 atom stereocenters. The van der Waals surface area contributed by atoms with E-state index in [9.17, 15) is 4.39 Å². The molecule has 1 aromatic carbocycles. The highest BCUT2D eigenvalue weighted by molar-refractivity contribution is 5.39. The van der Waals surface area contributed by atoms with Crippen LogP contribution in [-0.2, 0) is 0 Å². The maximum Gasteiger partial charge on any atom is 0.123 e. The van der Waals surface area contributed by atoms with E-state index in [0.717, 1.165) is 11.1 Å². The van der Waals surface area contributed by atoms with Crippen LogP contribution in [0.5, 0.6) is 0 Å². The minimum Gasteiger partial charge on any atom is -0.207 e. The van der Waals surface area contributed by atoms with Crippen LogP contribution in [0.15, 0.2) is 12.1 Å². The second-order valence-corrected chi connectivity index (χ2v) is 4.53. The molecule has 0 aliphatic rings. The average molecular weight is 194 g/mol. The molecule has 0 saturated heterocycles. The van der Waals surface area contributed by atoms with Crippen LogP contribution in [0.1, 0.15) is 56.2 Å². The maximum absolute atomic E-state index is 13.2. The predicted molar refractivity (Wildman–Crippen MR) is 59.3 cm³/mol. The van der Waals surface area contributed by atoms with Gasteiger partial charge in [-0.3, -0.25) is 0 Å². The van der Waals surface area contributed by atoms with Gasteiger partial charge in [-0.25, -0.2) is 4.39 Å². The first-order valence-corrected chi connectivity index (χ1v) is 5.23. The van der Waals surface area contributed by atoms with Gasteiger partial charge in [0.15, 0.2) is 0 Å². The van der Waals surface area contributed by atoms with Gasteiger partial charge in [0, 0.05) is 0 Å². The first-order chi connectivity index (χ1) is 6.43. The lowest BCUT2D eigenvalue weighted by molar-refractivity contribution is 0.618. The third-order valence-electron chi connectivity index (χ3n) is 2.58. The molecule has 1 aromatic rings. The number of rotatable bonds is 2. The van der Waals surface area contributed by atoms with E-state index >= 15 is 0 Å². The summed E-state index contributed by atoms with van der Waals surface area (Å²) in [5.41, 5.74) is 3.53. The summed E-state index contributed by atoms with van der Waals surface area (Å²) in [7, 11) is 0. The predicted octanol–water partition coefficient (Wildman–Crippen LogP) is 4.38. The van der Waals surface area contributed by atoms with Crippen molar-refractivity contribution in [2.45, 2.75) is 46.5 Å². The van der Waals surface area contributed by atoms with Crippen molar-refractivity contribution in [2.24, 2.45) is 0 Å². The fraction of sp³-hybridized carbons (Fsp3) is 0.538. The molecule has 0 heterocycles.